The topological polar surface area (TPSA) is 163 Å². The number of ether oxygens (including phenoxy) is 2. The lowest BCUT2D eigenvalue weighted by Crippen LogP contribution is -2.33. The maximum Gasteiger partial charge on any atom is 0.277 e. The minimum atomic E-state index is -0.877. The van der Waals surface area contributed by atoms with E-state index in [9.17, 15) is 29.8 Å². The minimum Gasteiger partial charge on any atom is -0.344 e. The van der Waals surface area contributed by atoms with Crippen LogP contribution in [-0.4, -0.2) is 46.2 Å². The van der Waals surface area contributed by atoms with Gasteiger partial charge in [0.1, 0.15) is 0 Å². The van der Waals surface area contributed by atoms with Crippen LogP contribution in [0.5, 0.6) is 0 Å². The molecule has 3 fully saturated rings. The monoisotopic (exact) mass is 452 g/mol. The van der Waals surface area contributed by atoms with E-state index < -0.39 is 33.4 Å². The number of nitro groups is 2. The summed E-state index contributed by atoms with van der Waals surface area (Å²) in [7, 11) is 0. The van der Waals surface area contributed by atoms with E-state index in [1.54, 1.807) is 24.3 Å². The zero-order valence-electron chi connectivity index (χ0n) is 16.8. The van der Waals surface area contributed by atoms with Crippen LogP contribution in [-0.2, 0) is 9.47 Å². The fraction of sp³-hybridized carbons (Fsp3) is 0.286. The predicted molar refractivity (Wildman–Crippen MR) is 111 cm³/mol. The first-order valence-corrected chi connectivity index (χ1v) is 10.0. The summed E-state index contributed by atoms with van der Waals surface area (Å²) in [4.78, 5) is 46.1. The first-order chi connectivity index (χ1) is 15.8. The van der Waals surface area contributed by atoms with E-state index in [0.29, 0.717) is 17.9 Å². The zero-order chi connectivity index (χ0) is 23.3. The Kier molecular flexibility index (Phi) is 4.95. The number of fused-ring (bicyclic) bond motifs is 4. The van der Waals surface area contributed by atoms with Crippen LogP contribution in [0.3, 0.4) is 0 Å². The summed E-state index contributed by atoms with van der Waals surface area (Å²) >= 11 is 0. The molecule has 12 heteroatoms. The Bertz CT molecular complexity index is 1180. The SMILES string of the molecule is O=C(N/N=C1/[C@@H]2OC[C@H](O2)[C@@H]2[C@@H](C(=O)c3ccccc3)[C@@H]12)c1cc([N+](=O)[O-])cc([N+](=O)[O-])c1. The van der Waals surface area contributed by atoms with Crippen molar-refractivity contribution in [2.45, 2.75) is 12.4 Å². The molecule has 1 amide bonds. The second-order valence-corrected chi connectivity index (χ2v) is 7.93. The Morgan fingerprint density at radius 1 is 1.00 bits per heavy atom. The highest BCUT2D eigenvalue weighted by Crippen LogP contribution is 2.57. The van der Waals surface area contributed by atoms with Crippen molar-refractivity contribution in [3.8, 4) is 0 Å². The van der Waals surface area contributed by atoms with Gasteiger partial charge in [0.25, 0.3) is 17.3 Å². The number of carbonyl (C=O) groups excluding carboxylic acids is 2. The highest BCUT2D eigenvalue weighted by molar-refractivity contribution is 6.07. The van der Waals surface area contributed by atoms with Crippen LogP contribution in [0.15, 0.2) is 53.6 Å². The molecular formula is C21H16N4O8. The summed E-state index contributed by atoms with van der Waals surface area (Å²) in [6.07, 6.45) is -1.06. The Balaban J connectivity index is 1.39. The van der Waals surface area contributed by atoms with Crippen molar-refractivity contribution in [1.82, 2.24) is 5.43 Å². The number of benzene rings is 2. The van der Waals surface area contributed by atoms with Gasteiger partial charge in [-0.15, -0.1) is 0 Å². The van der Waals surface area contributed by atoms with Crippen LogP contribution in [0, 0.1) is 38.0 Å². The third kappa shape index (κ3) is 3.64. The Hall–Kier alpha value is -4.03. The summed E-state index contributed by atoms with van der Waals surface area (Å²) in [5, 5.41) is 26.2. The molecule has 2 heterocycles. The molecule has 0 spiro atoms. The van der Waals surface area contributed by atoms with Gasteiger partial charge in [-0.3, -0.25) is 29.8 Å². The number of hydrazone groups is 1. The van der Waals surface area contributed by atoms with Crippen LogP contribution in [0.4, 0.5) is 11.4 Å². The van der Waals surface area contributed by atoms with Crippen LogP contribution < -0.4 is 5.43 Å². The average molecular weight is 452 g/mol. The largest absolute Gasteiger partial charge is 0.344 e. The van der Waals surface area contributed by atoms with Crippen LogP contribution in [0.25, 0.3) is 0 Å². The molecule has 3 aliphatic rings. The van der Waals surface area contributed by atoms with Gasteiger partial charge < -0.3 is 9.47 Å². The van der Waals surface area contributed by atoms with Crippen molar-refractivity contribution in [2.24, 2.45) is 22.9 Å². The molecule has 1 saturated carbocycles. The van der Waals surface area contributed by atoms with Crippen molar-refractivity contribution >= 4 is 28.8 Å². The second-order valence-electron chi connectivity index (χ2n) is 7.93. The van der Waals surface area contributed by atoms with E-state index in [2.05, 4.69) is 10.5 Å². The summed E-state index contributed by atoms with van der Waals surface area (Å²) in [5.74, 6) is -1.69. The second kappa shape index (κ2) is 7.83. The molecule has 1 N–H and O–H groups in total. The van der Waals surface area contributed by atoms with E-state index in [1.165, 1.54) is 0 Å². The molecule has 0 unspecified atom stereocenters. The van der Waals surface area contributed by atoms with Gasteiger partial charge in [0.15, 0.2) is 12.1 Å². The third-order valence-electron chi connectivity index (χ3n) is 6.03. The molecule has 1 aliphatic carbocycles. The Labute approximate surface area is 185 Å². The van der Waals surface area contributed by atoms with Gasteiger partial charge in [0.05, 0.1) is 39.9 Å². The molecule has 2 aromatic carbocycles. The molecule has 0 radical (unpaired) electrons. The number of nitrogens with one attached hydrogen (secondary N) is 1. The molecule has 5 rings (SSSR count). The highest BCUT2D eigenvalue weighted by Gasteiger charge is 2.67. The van der Waals surface area contributed by atoms with E-state index in [0.717, 1.165) is 18.2 Å². The summed E-state index contributed by atoms with van der Waals surface area (Å²) in [6, 6.07) is 11.4. The van der Waals surface area contributed by atoms with Gasteiger partial charge >= 0.3 is 0 Å². The molecule has 5 atom stereocenters. The molecule has 168 valence electrons. The fourth-order valence-electron chi connectivity index (χ4n) is 4.49. The van der Waals surface area contributed by atoms with E-state index in [4.69, 9.17) is 9.47 Å². The van der Waals surface area contributed by atoms with Crippen molar-refractivity contribution < 1.29 is 28.9 Å². The van der Waals surface area contributed by atoms with Gasteiger partial charge in [-0.05, 0) is 0 Å². The van der Waals surface area contributed by atoms with Gasteiger partial charge in [-0.1, -0.05) is 30.3 Å². The van der Waals surface area contributed by atoms with Crippen molar-refractivity contribution in [2.75, 3.05) is 6.61 Å². The highest BCUT2D eigenvalue weighted by atomic mass is 16.7. The quantitative estimate of drug-likeness (QED) is 0.395. The van der Waals surface area contributed by atoms with Crippen LogP contribution >= 0.6 is 0 Å². The molecule has 33 heavy (non-hydrogen) atoms. The number of hydrogen-bond acceptors (Lipinski definition) is 9. The smallest absolute Gasteiger partial charge is 0.277 e. The number of nitrogens with zero attached hydrogens (tertiary/aromatic N) is 3. The summed E-state index contributed by atoms with van der Waals surface area (Å²) in [5.41, 5.74) is 1.69. The maximum atomic E-state index is 13.0. The lowest BCUT2D eigenvalue weighted by Gasteiger charge is -2.18. The lowest BCUT2D eigenvalue weighted by molar-refractivity contribution is -0.394. The number of nitro benzene ring substituents is 2. The van der Waals surface area contributed by atoms with Crippen LogP contribution in [0.2, 0.25) is 0 Å². The van der Waals surface area contributed by atoms with Gasteiger partial charge in [0, 0.05) is 35.4 Å². The number of ketones is 1. The van der Waals surface area contributed by atoms with Crippen molar-refractivity contribution in [1.29, 1.82) is 0 Å². The van der Waals surface area contributed by atoms with Crippen molar-refractivity contribution in [3.63, 3.8) is 0 Å². The number of carbonyl (C=O) groups is 2. The fourth-order valence-corrected chi connectivity index (χ4v) is 4.49. The van der Waals surface area contributed by atoms with Gasteiger partial charge in [-0.25, -0.2) is 5.43 Å². The van der Waals surface area contributed by atoms with E-state index in [1.807, 2.05) is 6.07 Å². The number of hydrogen-bond donors (Lipinski definition) is 1. The summed E-state index contributed by atoms with van der Waals surface area (Å²) < 4.78 is 11.4. The van der Waals surface area contributed by atoms with E-state index >= 15 is 0 Å². The predicted octanol–water partition coefficient (Wildman–Crippen LogP) is 2.09. The first-order valence-electron chi connectivity index (χ1n) is 10.0. The molecule has 2 aromatic rings. The molecule has 0 aromatic heterocycles. The first kappa shape index (κ1) is 20.8. The number of Topliss-reactive ketones (excluding diaryl/α,β-unsaturated/α-hetero) is 1. The minimum absolute atomic E-state index is 0.0462. The normalized spacial score (nSPS) is 28.1. The van der Waals surface area contributed by atoms with E-state index in [-0.39, 0.29) is 35.2 Å². The Morgan fingerprint density at radius 2 is 1.67 bits per heavy atom. The molecule has 12 nitrogen and oxygen atoms in total. The molecular weight excluding hydrogens is 436 g/mol. The van der Waals surface area contributed by atoms with Gasteiger partial charge in [-0.2, -0.15) is 5.10 Å². The van der Waals surface area contributed by atoms with Gasteiger partial charge in [0.2, 0.25) is 0 Å². The molecule has 2 aliphatic heterocycles. The maximum absolute atomic E-state index is 13.0. The number of non-ortho nitro benzene ring substituents is 2. The lowest BCUT2D eigenvalue weighted by atomic mass is 10.0. The van der Waals surface area contributed by atoms with Crippen LogP contribution in [0.1, 0.15) is 20.7 Å². The standard InChI is InChI=1S/C21H16N4O8/c26-19(10-4-2-1-3-5-10)17-15-14-9-32-21(33-14)18(16(15)17)22-23-20(27)11-6-12(24(28)29)8-13(7-11)25(30)31/h1-8,14-17,21H,9H2,(H,23,27)/b22-18+/t14-,15-,16-,17+,21+/m0/s1. The molecule has 2 saturated heterocycles. The van der Waals surface area contributed by atoms with Crippen molar-refractivity contribution in [3.05, 3.63) is 79.9 Å². The molecule has 2 bridgehead atoms. The number of amides is 1. The summed E-state index contributed by atoms with van der Waals surface area (Å²) in [6.45, 7) is 0.300. The Morgan fingerprint density at radius 3 is 2.30 bits per heavy atom. The third-order valence-corrected chi connectivity index (χ3v) is 6.03. The zero-order valence-corrected chi connectivity index (χ0v) is 16.8. The average Bonchev–Trinajstić information content (AvgIpc) is 3.42. The number of rotatable bonds is 6.